The fraction of sp³-hybridized carbons (Fsp3) is 0.267. The molecule has 0 saturated heterocycles. The first-order valence-corrected chi connectivity index (χ1v) is 7.09. The Morgan fingerprint density at radius 2 is 1.95 bits per heavy atom. The maximum absolute atomic E-state index is 5.32. The molecule has 0 aliphatic heterocycles. The lowest BCUT2D eigenvalue weighted by Gasteiger charge is -2.15. The number of rotatable bonds is 5. The van der Waals surface area contributed by atoms with Crippen molar-refractivity contribution in [2.24, 2.45) is 0 Å². The van der Waals surface area contributed by atoms with Crippen molar-refractivity contribution in [1.29, 1.82) is 0 Å². The summed E-state index contributed by atoms with van der Waals surface area (Å²) in [7, 11) is 0. The first kappa shape index (κ1) is 13.9. The van der Waals surface area contributed by atoms with E-state index in [1.807, 2.05) is 31.2 Å². The summed E-state index contributed by atoms with van der Waals surface area (Å²) in [5, 5.41) is 3.41. The van der Waals surface area contributed by atoms with E-state index in [9.17, 15) is 0 Å². The maximum Gasteiger partial charge on any atom is 0.213 e. The molecule has 1 unspecified atom stereocenters. The van der Waals surface area contributed by atoms with Crippen molar-refractivity contribution in [3.05, 3.63) is 52.6 Å². The quantitative estimate of drug-likeness (QED) is 0.885. The van der Waals surface area contributed by atoms with Crippen LogP contribution in [0.4, 0.5) is 5.69 Å². The van der Waals surface area contributed by atoms with Crippen LogP contribution in [0.5, 0.6) is 5.88 Å². The van der Waals surface area contributed by atoms with Gasteiger partial charge in [0.1, 0.15) is 0 Å². The summed E-state index contributed by atoms with van der Waals surface area (Å²) in [4.78, 5) is 4.24. The Balaban J connectivity index is 2.01. The van der Waals surface area contributed by atoms with Crippen molar-refractivity contribution in [3.63, 3.8) is 0 Å². The van der Waals surface area contributed by atoms with Gasteiger partial charge >= 0.3 is 0 Å². The molecule has 0 bridgehead atoms. The standard InChI is InChI=1S/C15H17BrN2O/c1-3-19-15-9-8-14(10-17-15)18-11(2)12-4-6-13(16)7-5-12/h4-11,18H,3H2,1-2H3. The molecule has 0 radical (unpaired) electrons. The maximum atomic E-state index is 5.32. The van der Waals surface area contributed by atoms with E-state index in [0.29, 0.717) is 12.5 Å². The van der Waals surface area contributed by atoms with Crippen LogP contribution in [-0.2, 0) is 0 Å². The molecule has 2 rings (SSSR count). The smallest absolute Gasteiger partial charge is 0.213 e. The highest BCUT2D eigenvalue weighted by Crippen LogP contribution is 2.21. The van der Waals surface area contributed by atoms with Gasteiger partial charge < -0.3 is 10.1 Å². The van der Waals surface area contributed by atoms with Gasteiger partial charge in [0.15, 0.2) is 0 Å². The molecule has 4 heteroatoms. The number of ether oxygens (including phenoxy) is 1. The van der Waals surface area contributed by atoms with E-state index in [2.05, 4.69) is 45.3 Å². The molecule has 0 aliphatic rings. The van der Waals surface area contributed by atoms with Crippen molar-refractivity contribution in [2.45, 2.75) is 19.9 Å². The zero-order chi connectivity index (χ0) is 13.7. The zero-order valence-electron chi connectivity index (χ0n) is 11.1. The van der Waals surface area contributed by atoms with Crippen LogP contribution in [0.3, 0.4) is 0 Å². The first-order valence-electron chi connectivity index (χ1n) is 6.30. The summed E-state index contributed by atoms with van der Waals surface area (Å²) in [6.45, 7) is 4.71. The number of pyridine rings is 1. The van der Waals surface area contributed by atoms with Crippen molar-refractivity contribution in [3.8, 4) is 5.88 Å². The Hall–Kier alpha value is -1.55. The molecule has 0 amide bonds. The van der Waals surface area contributed by atoms with E-state index in [0.717, 1.165) is 10.2 Å². The Morgan fingerprint density at radius 3 is 2.53 bits per heavy atom. The lowest BCUT2D eigenvalue weighted by atomic mass is 10.1. The zero-order valence-corrected chi connectivity index (χ0v) is 12.6. The Labute approximate surface area is 122 Å². The summed E-state index contributed by atoms with van der Waals surface area (Å²) < 4.78 is 6.41. The number of nitrogens with zero attached hydrogens (tertiary/aromatic N) is 1. The van der Waals surface area contributed by atoms with Crippen LogP contribution in [0, 0.1) is 0 Å². The summed E-state index contributed by atoms with van der Waals surface area (Å²) in [6, 6.07) is 12.4. The van der Waals surface area contributed by atoms with E-state index >= 15 is 0 Å². The first-order chi connectivity index (χ1) is 9.19. The summed E-state index contributed by atoms with van der Waals surface area (Å²) in [5.74, 6) is 0.657. The van der Waals surface area contributed by atoms with Crippen LogP contribution in [0.1, 0.15) is 25.5 Å². The average Bonchev–Trinajstić information content (AvgIpc) is 2.42. The van der Waals surface area contributed by atoms with E-state index < -0.39 is 0 Å². The predicted octanol–water partition coefficient (Wildman–Crippen LogP) is 4.42. The molecule has 0 fully saturated rings. The number of nitrogens with one attached hydrogen (secondary N) is 1. The fourth-order valence-corrected chi connectivity index (χ4v) is 2.05. The number of anilines is 1. The topological polar surface area (TPSA) is 34.1 Å². The molecule has 100 valence electrons. The van der Waals surface area contributed by atoms with Crippen LogP contribution in [0.2, 0.25) is 0 Å². The van der Waals surface area contributed by atoms with Crippen LogP contribution in [0.25, 0.3) is 0 Å². The molecular formula is C15H17BrN2O. The number of benzene rings is 1. The number of hydrogen-bond donors (Lipinski definition) is 1. The summed E-state index contributed by atoms with van der Waals surface area (Å²) in [5.41, 5.74) is 2.22. The van der Waals surface area contributed by atoms with Crippen LogP contribution >= 0.6 is 15.9 Å². The summed E-state index contributed by atoms with van der Waals surface area (Å²) >= 11 is 3.44. The minimum Gasteiger partial charge on any atom is -0.478 e. The monoisotopic (exact) mass is 320 g/mol. The fourth-order valence-electron chi connectivity index (χ4n) is 1.78. The molecule has 2 aromatic rings. The van der Waals surface area contributed by atoms with Crippen LogP contribution in [-0.4, -0.2) is 11.6 Å². The molecule has 0 spiro atoms. The molecular weight excluding hydrogens is 304 g/mol. The van der Waals surface area contributed by atoms with Gasteiger partial charge in [0.2, 0.25) is 5.88 Å². The van der Waals surface area contributed by atoms with Gasteiger partial charge in [-0.05, 0) is 37.6 Å². The minimum absolute atomic E-state index is 0.229. The van der Waals surface area contributed by atoms with Crippen molar-refractivity contribution >= 4 is 21.6 Å². The second kappa shape index (κ2) is 6.57. The van der Waals surface area contributed by atoms with Crippen LogP contribution in [0.15, 0.2) is 47.1 Å². The lowest BCUT2D eigenvalue weighted by Crippen LogP contribution is -2.06. The molecule has 1 aromatic carbocycles. The van der Waals surface area contributed by atoms with E-state index in [-0.39, 0.29) is 6.04 Å². The van der Waals surface area contributed by atoms with Gasteiger partial charge in [0, 0.05) is 16.6 Å². The number of hydrogen-bond acceptors (Lipinski definition) is 3. The van der Waals surface area contributed by atoms with Gasteiger partial charge in [0.05, 0.1) is 18.5 Å². The molecule has 1 atom stereocenters. The second-order valence-electron chi connectivity index (χ2n) is 4.24. The lowest BCUT2D eigenvalue weighted by molar-refractivity contribution is 0.327. The molecule has 1 N–H and O–H groups in total. The molecule has 1 aromatic heterocycles. The summed E-state index contributed by atoms with van der Waals surface area (Å²) in [6.07, 6.45) is 1.79. The van der Waals surface area contributed by atoms with E-state index in [1.165, 1.54) is 5.56 Å². The van der Waals surface area contributed by atoms with E-state index in [4.69, 9.17) is 4.74 Å². The average molecular weight is 321 g/mol. The molecule has 0 saturated carbocycles. The SMILES string of the molecule is CCOc1ccc(NC(C)c2ccc(Br)cc2)cn1. The van der Waals surface area contributed by atoms with Gasteiger partial charge in [-0.2, -0.15) is 0 Å². The van der Waals surface area contributed by atoms with Gasteiger partial charge in [-0.1, -0.05) is 28.1 Å². The number of halogens is 1. The Kier molecular flexibility index (Phi) is 4.80. The van der Waals surface area contributed by atoms with E-state index in [1.54, 1.807) is 6.20 Å². The van der Waals surface area contributed by atoms with Crippen molar-refractivity contribution in [2.75, 3.05) is 11.9 Å². The van der Waals surface area contributed by atoms with Crippen molar-refractivity contribution < 1.29 is 4.74 Å². The largest absolute Gasteiger partial charge is 0.478 e. The highest BCUT2D eigenvalue weighted by Gasteiger charge is 2.05. The van der Waals surface area contributed by atoms with Gasteiger partial charge in [-0.25, -0.2) is 4.98 Å². The molecule has 3 nitrogen and oxygen atoms in total. The third-order valence-corrected chi connectivity index (χ3v) is 3.31. The third-order valence-electron chi connectivity index (χ3n) is 2.78. The predicted molar refractivity (Wildman–Crippen MR) is 81.6 cm³/mol. The Bertz CT molecular complexity index is 511. The minimum atomic E-state index is 0.229. The molecule has 0 aliphatic carbocycles. The number of aromatic nitrogens is 1. The molecule has 19 heavy (non-hydrogen) atoms. The van der Waals surface area contributed by atoms with Crippen LogP contribution < -0.4 is 10.1 Å². The third kappa shape index (κ3) is 3.96. The van der Waals surface area contributed by atoms with Crippen molar-refractivity contribution in [1.82, 2.24) is 4.98 Å². The highest BCUT2D eigenvalue weighted by atomic mass is 79.9. The van der Waals surface area contributed by atoms with Gasteiger partial charge in [0.25, 0.3) is 0 Å². The van der Waals surface area contributed by atoms with Gasteiger partial charge in [-0.3, -0.25) is 0 Å². The normalized spacial score (nSPS) is 11.9. The highest BCUT2D eigenvalue weighted by molar-refractivity contribution is 9.10. The molecule has 1 heterocycles. The second-order valence-corrected chi connectivity index (χ2v) is 5.15. The van der Waals surface area contributed by atoms with Gasteiger partial charge in [-0.15, -0.1) is 0 Å². The Morgan fingerprint density at radius 1 is 1.21 bits per heavy atom.